The van der Waals surface area contributed by atoms with E-state index in [1.807, 2.05) is 0 Å². The van der Waals surface area contributed by atoms with E-state index in [0.717, 1.165) is 0 Å². The third kappa shape index (κ3) is 1.52. The van der Waals surface area contributed by atoms with E-state index in [0.29, 0.717) is 0 Å². The third-order valence-electron chi connectivity index (χ3n) is 0.595. The van der Waals surface area contributed by atoms with Crippen LogP contribution in [0.2, 0.25) is 0 Å². The molecule has 0 saturated carbocycles. The molecule has 48 valence electrons. The van der Waals surface area contributed by atoms with E-state index in [9.17, 15) is 0 Å². The molecular weight excluding hydrogens is 209 g/mol. The lowest BCUT2D eigenvalue weighted by atomic mass is 10.8. The van der Waals surface area contributed by atoms with Crippen LogP contribution in [-0.4, -0.2) is 9.17 Å². The molecule has 1 atom stereocenters. The van der Waals surface area contributed by atoms with E-state index >= 15 is 0 Å². The van der Waals surface area contributed by atoms with Gasteiger partial charge in [-0.05, 0) is 11.0 Å². The smallest absolute Gasteiger partial charge is 0.204 e. The molecular formula is C2H2Cl3NS2. The van der Waals surface area contributed by atoms with E-state index in [-0.39, 0.29) is 4.71 Å². The molecule has 1 nitrogen and oxygen atoms in total. The number of hydrogen-bond acceptors (Lipinski definition) is 3. The first-order chi connectivity index (χ1) is 3.63. The largest absolute Gasteiger partial charge is 0.220 e. The highest BCUT2D eigenvalue weighted by Gasteiger charge is 2.39. The minimum Gasteiger partial charge on any atom is -0.220 e. The summed E-state index contributed by atoms with van der Waals surface area (Å²) in [6, 6.07) is 0. The topological polar surface area (TPSA) is 12.0 Å². The molecule has 1 rings (SSSR count). The van der Waals surface area contributed by atoms with Crippen LogP contribution in [0.15, 0.2) is 0 Å². The predicted molar refractivity (Wildman–Crippen MR) is 42.4 cm³/mol. The van der Waals surface area contributed by atoms with Crippen molar-refractivity contribution in [3.63, 3.8) is 0 Å². The van der Waals surface area contributed by atoms with E-state index in [1.165, 1.54) is 21.8 Å². The summed E-state index contributed by atoms with van der Waals surface area (Å²) in [4.78, 5) is 0. The summed E-state index contributed by atoms with van der Waals surface area (Å²) in [7, 11) is 2.77. The van der Waals surface area contributed by atoms with Gasteiger partial charge in [0.15, 0.2) is 0 Å². The second-order valence-corrected chi connectivity index (χ2v) is 5.41. The Bertz CT molecular complexity index is 97.3. The highest BCUT2D eigenvalue weighted by molar-refractivity contribution is 8.77. The summed E-state index contributed by atoms with van der Waals surface area (Å²) in [5.41, 5.74) is 0. The first-order valence-corrected chi connectivity index (χ1v) is 5.15. The fourth-order valence-corrected chi connectivity index (χ4v) is 3.61. The molecule has 1 fully saturated rings. The lowest BCUT2D eigenvalue weighted by Crippen LogP contribution is -2.29. The molecule has 1 heterocycles. The van der Waals surface area contributed by atoms with Crippen LogP contribution in [0.1, 0.15) is 0 Å². The Morgan fingerprint density at radius 3 is 2.25 bits per heavy atom. The summed E-state index contributed by atoms with van der Waals surface area (Å²) in [5.74, 6) is 0. The maximum Gasteiger partial charge on any atom is 0.204 e. The van der Waals surface area contributed by atoms with E-state index in [1.54, 1.807) is 0 Å². The molecule has 1 aliphatic rings. The SMILES string of the molecule is ClC1SSNC1(Cl)Cl. The molecule has 0 aromatic rings. The first-order valence-electron chi connectivity index (χ1n) is 1.74. The van der Waals surface area contributed by atoms with Gasteiger partial charge in [-0.15, -0.1) is 11.6 Å². The zero-order chi connectivity index (χ0) is 6.20. The van der Waals surface area contributed by atoms with Crippen LogP contribution in [0.3, 0.4) is 0 Å². The summed E-state index contributed by atoms with van der Waals surface area (Å²) in [6.07, 6.45) is 0. The first kappa shape index (κ1) is 7.63. The summed E-state index contributed by atoms with van der Waals surface area (Å²) >= 11 is 16.8. The summed E-state index contributed by atoms with van der Waals surface area (Å²) in [5, 5.41) is 0. The molecule has 0 radical (unpaired) electrons. The molecule has 1 N–H and O–H groups in total. The molecule has 6 heteroatoms. The molecule has 0 aliphatic carbocycles. The van der Waals surface area contributed by atoms with Crippen molar-refractivity contribution >= 4 is 56.6 Å². The van der Waals surface area contributed by atoms with Gasteiger partial charge in [-0.3, -0.25) is 0 Å². The predicted octanol–water partition coefficient (Wildman–Crippen LogP) is 2.58. The van der Waals surface area contributed by atoms with Gasteiger partial charge < -0.3 is 0 Å². The normalized spacial score (nSPS) is 35.6. The van der Waals surface area contributed by atoms with Gasteiger partial charge in [-0.2, -0.15) is 0 Å². The van der Waals surface area contributed by atoms with Crippen molar-refractivity contribution in [1.82, 2.24) is 4.72 Å². The van der Waals surface area contributed by atoms with E-state index in [2.05, 4.69) is 4.72 Å². The van der Waals surface area contributed by atoms with Crippen LogP contribution in [0.5, 0.6) is 0 Å². The van der Waals surface area contributed by atoms with Gasteiger partial charge in [0.2, 0.25) is 4.46 Å². The third-order valence-corrected chi connectivity index (χ3v) is 4.98. The van der Waals surface area contributed by atoms with Gasteiger partial charge in [-0.1, -0.05) is 34.0 Å². The monoisotopic (exact) mass is 209 g/mol. The average Bonchev–Trinajstić information content (AvgIpc) is 1.86. The van der Waals surface area contributed by atoms with Crippen LogP contribution in [0, 0.1) is 0 Å². The highest BCUT2D eigenvalue weighted by Crippen LogP contribution is 2.47. The summed E-state index contributed by atoms with van der Waals surface area (Å²) in [6.45, 7) is 0. The van der Waals surface area contributed by atoms with Gasteiger partial charge in [0.25, 0.3) is 0 Å². The number of rotatable bonds is 0. The molecule has 0 aromatic carbocycles. The molecule has 1 saturated heterocycles. The average molecular weight is 211 g/mol. The summed E-state index contributed by atoms with van der Waals surface area (Å²) < 4.78 is 1.49. The Kier molecular flexibility index (Phi) is 2.52. The minimum atomic E-state index is -0.961. The Morgan fingerprint density at radius 1 is 1.50 bits per heavy atom. The lowest BCUT2D eigenvalue weighted by Gasteiger charge is -2.11. The number of alkyl halides is 3. The van der Waals surface area contributed by atoms with Crippen LogP contribution in [0.25, 0.3) is 0 Å². The van der Waals surface area contributed by atoms with Gasteiger partial charge >= 0.3 is 0 Å². The maximum absolute atomic E-state index is 5.62. The number of halogens is 3. The molecule has 1 aliphatic heterocycles. The highest BCUT2D eigenvalue weighted by atomic mass is 35.5. The van der Waals surface area contributed by atoms with Gasteiger partial charge in [-0.25, -0.2) is 4.72 Å². The Labute approximate surface area is 70.3 Å². The zero-order valence-electron chi connectivity index (χ0n) is 3.53. The molecule has 1 unspecified atom stereocenters. The Hall–Kier alpha value is 1.53. The van der Waals surface area contributed by atoms with Crippen molar-refractivity contribution in [2.24, 2.45) is 0 Å². The Balaban J connectivity index is 2.54. The Morgan fingerprint density at radius 2 is 2.12 bits per heavy atom. The van der Waals surface area contributed by atoms with Crippen molar-refractivity contribution in [3.8, 4) is 0 Å². The standard InChI is InChI=1S/C2H2Cl3NS2/c3-1-2(4,5)6-8-7-1/h1,6H. The number of hydrogen-bond donors (Lipinski definition) is 1. The molecule has 8 heavy (non-hydrogen) atoms. The van der Waals surface area contributed by atoms with Gasteiger partial charge in [0.1, 0.15) is 4.71 Å². The second-order valence-electron chi connectivity index (χ2n) is 1.22. The van der Waals surface area contributed by atoms with Crippen molar-refractivity contribution in [2.75, 3.05) is 0 Å². The van der Waals surface area contributed by atoms with Crippen molar-refractivity contribution < 1.29 is 0 Å². The van der Waals surface area contributed by atoms with Crippen molar-refractivity contribution in [1.29, 1.82) is 0 Å². The van der Waals surface area contributed by atoms with Crippen molar-refractivity contribution in [3.05, 3.63) is 0 Å². The van der Waals surface area contributed by atoms with Crippen LogP contribution in [-0.2, 0) is 0 Å². The quantitative estimate of drug-likeness (QED) is 0.286. The molecule has 0 spiro atoms. The van der Waals surface area contributed by atoms with E-state index < -0.39 is 4.46 Å². The number of nitrogens with one attached hydrogen (secondary N) is 1. The maximum atomic E-state index is 5.62. The minimum absolute atomic E-state index is 0.268. The molecule has 0 bridgehead atoms. The van der Waals surface area contributed by atoms with Crippen LogP contribution < -0.4 is 4.72 Å². The second kappa shape index (κ2) is 2.64. The van der Waals surface area contributed by atoms with Gasteiger partial charge in [0.05, 0.1) is 0 Å². The fraction of sp³-hybridized carbons (Fsp3) is 1.00. The fourth-order valence-electron chi connectivity index (χ4n) is 0.229. The lowest BCUT2D eigenvalue weighted by molar-refractivity contribution is 0.850. The van der Waals surface area contributed by atoms with Crippen molar-refractivity contribution in [2.45, 2.75) is 9.17 Å². The zero-order valence-corrected chi connectivity index (χ0v) is 7.43. The van der Waals surface area contributed by atoms with Crippen LogP contribution >= 0.6 is 56.6 Å². The molecule has 0 aromatic heterocycles. The molecule has 0 amide bonds. The van der Waals surface area contributed by atoms with Crippen LogP contribution in [0.4, 0.5) is 0 Å². The van der Waals surface area contributed by atoms with E-state index in [4.69, 9.17) is 34.8 Å². The van der Waals surface area contributed by atoms with Gasteiger partial charge in [0, 0.05) is 0 Å².